The molecule has 0 aliphatic carbocycles. The highest BCUT2D eigenvalue weighted by atomic mass is 79.9. The second-order valence-electron chi connectivity index (χ2n) is 4.75. The minimum Gasteiger partial charge on any atom is -0.380 e. The van der Waals surface area contributed by atoms with Gasteiger partial charge in [0.15, 0.2) is 0 Å². The van der Waals surface area contributed by atoms with Gasteiger partial charge in [-0.15, -0.1) is 0 Å². The first-order valence-electron chi connectivity index (χ1n) is 7.10. The summed E-state index contributed by atoms with van der Waals surface area (Å²) in [5, 5.41) is 3.27. The highest BCUT2D eigenvalue weighted by Crippen LogP contribution is 2.16. The van der Waals surface area contributed by atoms with Gasteiger partial charge in [-0.1, -0.05) is 13.3 Å². The molecule has 0 bridgehead atoms. The van der Waals surface area contributed by atoms with Gasteiger partial charge in [0, 0.05) is 31.9 Å². The first kappa shape index (κ1) is 17.3. The van der Waals surface area contributed by atoms with Crippen LogP contribution in [0, 0.1) is 13.8 Å². The van der Waals surface area contributed by atoms with Crippen LogP contribution in [-0.2, 0) is 11.3 Å². The largest absolute Gasteiger partial charge is 0.380 e. The Morgan fingerprint density at radius 1 is 1.30 bits per heavy atom. The van der Waals surface area contributed by atoms with Crippen molar-refractivity contribution in [3.05, 3.63) is 26.3 Å². The Labute approximate surface area is 128 Å². The minimum absolute atomic E-state index is 0.191. The van der Waals surface area contributed by atoms with E-state index in [1.54, 1.807) is 4.57 Å². The van der Waals surface area contributed by atoms with Gasteiger partial charge in [-0.05, 0) is 36.2 Å². The molecule has 1 rings (SSSR count). The summed E-state index contributed by atoms with van der Waals surface area (Å²) in [5.74, 6) is 0. The Kier molecular flexibility index (Phi) is 8.02. The third-order valence-corrected chi connectivity index (χ3v) is 4.26. The van der Waals surface area contributed by atoms with Crippen LogP contribution in [0.3, 0.4) is 0 Å². The normalized spacial score (nSPS) is 11.0. The van der Waals surface area contributed by atoms with E-state index < -0.39 is 0 Å². The Bertz CT molecular complexity index is 474. The van der Waals surface area contributed by atoms with Crippen LogP contribution < -0.4 is 11.0 Å². The average Bonchev–Trinajstić information content (AvgIpc) is 2.42. The van der Waals surface area contributed by atoms with E-state index in [1.165, 1.54) is 0 Å². The molecular weight excluding hydrogens is 322 g/mol. The number of hydrogen-bond donors (Lipinski definition) is 1. The molecule has 20 heavy (non-hydrogen) atoms. The molecule has 0 saturated heterocycles. The topological polar surface area (TPSA) is 56.1 Å². The molecule has 6 heteroatoms. The van der Waals surface area contributed by atoms with Crippen molar-refractivity contribution in [2.45, 2.75) is 40.2 Å². The molecule has 1 N–H and O–H groups in total. The van der Waals surface area contributed by atoms with E-state index in [0.717, 1.165) is 48.4 Å². The van der Waals surface area contributed by atoms with Gasteiger partial charge in [-0.2, -0.15) is 4.98 Å². The van der Waals surface area contributed by atoms with E-state index in [-0.39, 0.29) is 5.69 Å². The van der Waals surface area contributed by atoms with Crippen LogP contribution in [0.25, 0.3) is 0 Å². The lowest BCUT2D eigenvalue weighted by atomic mass is 10.3. The van der Waals surface area contributed by atoms with Gasteiger partial charge >= 0.3 is 5.69 Å². The van der Waals surface area contributed by atoms with Gasteiger partial charge in [-0.25, -0.2) is 4.79 Å². The van der Waals surface area contributed by atoms with Gasteiger partial charge in [-0.3, -0.25) is 4.57 Å². The monoisotopic (exact) mass is 345 g/mol. The Morgan fingerprint density at radius 3 is 2.75 bits per heavy atom. The fourth-order valence-corrected chi connectivity index (χ4v) is 2.15. The lowest BCUT2D eigenvalue weighted by Gasteiger charge is -2.12. The van der Waals surface area contributed by atoms with Crippen LogP contribution in [0.15, 0.2) is 9.27 Å². The molecule has 0 spiro atoms. The second-order valence-corrected chi connectivity index (χ2v) is 5.54. The molecule has 114 valence electrons. The molecule has 5 nitrogen and oxygen atoms in total. The fourth-order valence-electron chi connectivity index (χ4n) is 1.85. The maximum Gasteiger partial charge on any atom is 0.348 e. The molecule has 0 amide bonds. The number of ether oxygens (including phenoxy) is 1. The highest BCUT2D eigenvalue weighted by Gasteiger charge is 2.08. The summed E-state index contributed by atoms with van der Waals surface area (Å²) in [6.07, 6.45) is 2.27. The predicted molar refractivity (Wildman–Crippen MR) is 84.3 cm³/mol. The highest BCUT2D eigenvalue weighted by molar-refractivity contribution is 9.10. The SMILES string of the molecule is CCCCOCCNCCn1c(C)c(Br)c(C)nc1=O. The van der Waals surface area contributed by atoms with Crippen molar-refractivity contribution in [2.24, 2.45) is 0 Å². The number of hydrogen-bond acceptors (Lipinski definition) is 4. The standard InChI is InChI=1S/C14H24BrN3O2/c1-4-5-9-20-10-7-16-6-8-18-12(3)13(15)11(2)17-14(18)19/h16H,4-10H2,1-3H3. The fraction of sp³-hybridized carbons (Fsp3) is 0.714. The molecule has 0 aromatic carbocycles. The van der Waals surface area contributed by atoms with E-state index in [2.05, 4.69) is 33.2 Å². The number of aromatic nitrogens is 2. The maximum absolute atomic E-state index is 11.8. The molecule has 0 aliphatic rings. The molecule has 1 heterocycles. The Morgan fingerprint density at radius 2 is 2.05 bits per heavy atom. The number of nitrogens with zero attached hydrogens (tertiary/aromatic N) is 2. The summed E-state index contributed by atoms with van der Waals surface area (Å²) >= 11 is 3.46. The summed E-state index contributed by atoms with van der Waals surface area (Å²) in [4.78, 5) is 15.8. The van der Waals surface area contributed by atoms with E-state index in [1.807, 2.05) is 13.8 Å². The quantitative estimate of drug-likeness (QED) is 0.695. The summed E-state index contributed by atoms with van der Waals surface area (Å²) in [5.41, 5.74) is 1.47. The van der Waals surface area contributed by atoms with Crippen LogP contribution >= 0.6 is 15.9 Å². The molecule has 0 aliphatic heterocycles. The minimum atomic E-state index is -0.191. The van der Waals surface area contributed by atoms with Crippen LogP contribution in [0.2, 0.25) is 0 Å². The number of unbranched alkanes of at least 4 members (excludes halogenated alkanes) is 1. The number of aryl methyl sites for hydroxylation is 1. The van der Waals surface area contributed by atoms with Crippen molar-refractivity contribution in [3.8, 4) is 0 Å². The van der Waals surface area contributed by atoms with Crippen LogP contribution in [0.1, 0.15) is 31.2 Å². The first-order valence-corrected chi connectivity index (χ1v) is 7.89. The summed E-state index contributed by atoms with van der Waals surface area (Å²) < 4.78 is 8.04. The van der Waals surface area contributed by atoms with Gasteiger partial charge < -0.3 is 10.1 Å². The average molecular weight is 346 g/mol. The van der Waals surface area contributed by atoms with Crippen molar-refractivity contribution >= 4 is 15.9 Å². The van der Waals surface area contributed by atoms with E-state index in [0.29, 0.717) is 13.2 Å². The molecule has 0 radical (unpaired) electrons. The molecular formula is C14H24BrN3O2. The summed E-state index contributed by atoms with van der Waals surface area (Å²) in [7, 11) is 0. The lowest BCUT2D eigenvalue weighted by Crippen LogP contribution is -2.32. The van der Waals surface area contributed by atoms with E-state index >= 15 is 0 Å². The lowest BCUT2D eigenvalue weighted by molar-refractivity contribution is 0.133. The third-order valence-electron chi connectivity index (χ3n) is 3.11. The number of nitrogens with one attached hydrogen (secondary N) is 1. The second kappa shape index (κ2) is 9.26. The zero-order chi connectivity index (χ0) is 15.0. The molecule has 0 unspecified atom stereocenters. The van der Waals surface area contributed by atoms with Crippen LogP contribution in [-0.4, -0.2) is 35.9 Å². The van der Waals surface area contributed by atoms with Gasteiger partial charge in [0.2, 0.25) is 0 Å². The van der Waals surface area contributed by atoms with Crippen molar-refractivity contribution in [1.82, 2.24) is 14.9 Å². The summed E-state index contributed by atoms with van der Waals surface area (Å²) in [6, 6.07) is 0. The zero-order valence-electron chi connectivity index (χ0n) is 12.5. The van der Waals surface area contributed by atoms with Crippen molar-refractivity contribution in [2.75, 3.05) is 26.3 Å². The number of halogens is 1. The van der Waals surface area contributed by atoms with Crippen LogP contribution in [0.4, 0.5) is 0 Å². The van der Waals surface area contributed by atoms with Crippen molar-refractivity contribution in [1.29, 1.82) is 0 Å². The number of rotatable bonds is 9. The van der Waals surface area contributed by atoms with Crippen LogP contribution in [0.5, 0.6) is 0 Å². The van der Waals surface area contributed by atoms with Crippen molar-refractivity contribution < 1.29 is 4.74 Å². The van der Waals surface area contributed by atoms with Crippen molar-refractivity contribution in [3.63, 3.8) is 0 Å². The Balaban J connectivity index is 2.33. The maximum atomic E-state index is 11.8. The van der Waals surface area contributed by atoms with Gasteiger partial charge in [0.25, 0.3) is 0 Å². The van der Waals surface area contributed by atoms with E-state index in [9.17, 15) is 4.79 Å². The molecule has 0 saturated carbocycles. The van der Waals surface area contributed by atoms with Gasteiger partial charge in [0.05, 0.1) is 16.8 Å². The molecule has 1 aromatic rings. The predicted octanol–water partition coefficient (Wildman–Crippen LogP) is 2.03. The Hall–Kier alpha value is -0.720. The summed E-state index contributed by atoms with van der Waals surface area (Å²) in [6.45, 7) is 9.59. The van der Waals surface area contributed by atoms with E-state index in [4.69, 9.17) is 4.74 Å². The molecule has 0 fully saturated rings. The first-order chi connectivity index (χ1) is 9.57. The molecule has 1 aromatic heterocycles. The zero-order valence-corrected chi connectivity index (χ0v) is 14.1. The third kappa shape index (κ3) is 5.34. The molecule has 0 atom stereocenters. The smallest absolute Gasteiger partial charge is 0.348 e. The van der Waals surface area contributed by atoms with Gasteiger partial charge in [0.1, 0.15) is 0 Å².